The van der Waals surface area contributed by atoms with Gasteiger partial charge in [-0.25, -0.2) is 13.6 Å². The lowest BCUT2D eigenvalue weighted by molar-refractivity contribution is -0.132. The smallest absolute Gasteiger partial charge is 0.323 e. The number of nitrogens with one attached hydrogen (secondary N) is 2. The van der Waals surface area contributed by atoms with E-state index in [0.29, 0.717) is 40.9 Å². The van der Waals surface area contributed by atoms with E-state index >= 15 is 0 Å². The zero-order valence-corrected chi connectivity index (χ0v) is 23.2. The number of rotatable bonds is 9. The number of nitrogens with zero attached hydrogens (tertiary/aromatic N) is 3. The Bertz CT molecular complexity index is 1670. The fourth-order valence-electron chi connectivity index (χ4n) is 4.76. The summed E-state index contributed by atoms with van der Waals surface area (Å²) in [5.74, 6) is -0.206. The third kappa shape index (κ3) is 7.54. The largest absolute Gasteiger partial charge is 0.492 e. The summed E-state index contributed by atoms with van der Waals surface area (Å²) in [5, 5.41) is 15.2. The van der Waals surface area contributed by atoms with Gasteiger partial charge in [-0.2, -0.15) is 5.26 Å². The second-order valence-electron chi connectivity index (χ2n) is 10.0. The van der Waals surface area contributed by atoms with Gasteiger partial charge in [0, 0.05) is 48.9 Å². The lowest BCUT2D eigenvalue weighted by Gasteiger charge is -2.26. The van der Waals surface area contributed by atoms with Crippen LogP contribution in [0.3, 0.4) is 0 Å². The lowest BCUT2D eigenvalue weighted by Crippen LogP contribution is -2.35. The molecular weight excluding hydrogens is 556 g/mol. The fourth-order valence-corrected chi connectivity index (χ4v) is 4.76. The number of halogens is 2. The molecule has 1 aliphatic heterocycles. The van der Waals surface area contributed by atoms with Gasteiger partial charge in [0.25, 0.3) is 0 Å². The van der Waals surface area contributed by atoms with Crippen LogP contribution in [0, 0.1) is 23.0 Å². The second-order valence-corrected chi connectivity index (χ2v) is 10.0. The van der Waals surface area contributed by atoms with Crippen LogP contribution in [0.25, 0.3) is 10.9 Å². The minimum atomic E-state index is -0.739. The third-order valence-corrected chi connectivity index (χ3v) is 6.94. The second kappa shape index (κ2) is 13.6. The van der Waals surface area contributed by atoms with Crippen molar-refractivity contribution in [3.8, 4) is 23.3 Å². The lowest BCUT2D eigenvalue weighted by atomic mass is 10.1. The van der Waals surface area contributed by atoms with Crippen LogP contribution in [0.4, 0.5) is 25.0 Å². The first-order valence-electron chi connectivity index (χ1n) is 13.9. The number of likely N-dealkylation sites (tertiary alicyclic amines) is 1. The van der Waals surface area contributed by atoms with Gasteiger partial charge in [-0.3, -0.25) is 9.78 Å². The summed E-state index contributed by atoms with van der Waals surface area (Å²) >= 11 is 0. The fraction of sp³-hybridized carbons (Fsp3) is 0.250. The summed E-state index contributed by atoms with van der Waals surface area (Å²) in [6, 6.07) is 15.4. The van der Waals surface area contributed by atoms with E-state index in [4.69, 9.17) is 9.47 Å². The Kier molecular flexibility index (Phi) is 9.26. The first-order chi connectivity index (χ1) is 20.9. The molecule has 43 heavy (non-hydrogen) atoms. The third-order valence-electron chi connectivity index (χ3n) is 6.94. The van der Waals surface area contributed by atoms with Gasteiger partial charge in [0.15, 0.2) is 0 Å². The number of amides is 3. The standard InChI is InChI=1S/C32H29F2N5O4/c33-22-6-8-23(9-7-22)37-32(41)38-27-11-10-24(18-26(27)34)43-29-12-13-36-28-19-30(21(20-35)17-25(28)29)42-16-4-5-31(40)39-14-2-1-3-15-39/h6-13,17-19H,1-5,14-16H2,(H2,37,38,41). The maximum atomic E-state index is 14.8. The SMILES string of the molecule is N#Cc1cc2c(Oc3ccc(NC(=O)Nc4ccc(F)cc4)c(F)c3)ccnc2cc1OCCCC(=O)N1CCCCC1. The Labute approximate surface area is 247 Å². The van der Waals surface area contributed by atoms with Crippen molar-refractivity contribution in [2.24, 2.45) is 0 Å². The van der Waals surface area contributed by atoms with E-state index in [1.54, 1.807) is 18.2 Å². The maximum absolute atomic E-state index is 14.8. The predicted octanol–water partition coefficient (Wildman–Crippen LogP) is 6.99. The molecule has 0 unspecified atom stereocenters. The molecule has 2 heterocycles. The number of hydrogen-bond acceptors (Lipinski definition) is 6. The minimum Gasteiger partial charge on any atom is -0.492 e. The molecule has 1 aromatic heterocycles. The van der Waals surface area contributed by atoms with E-state index in [1.165, 1.54) is 42.6 Å². The van der Waals surface area contributed by atoms with E-state index in [0.717, 1.165) is 38.4 Å². The Morgan fingerprint density at radius 1 is 0.953 bits per heavy atom. The molecule has 0 radical (unpaired) electrons. The highest BCUT2D eigenvalue weighted by atomic mass is 19.1. The molecule has 3 aromatic carbocycles. The van der Waals surface area contributed by atoms with Crippen molar-refractivity contribution in [3.05, 3.63) is 84.1 Å². The first kappa shape index (κ1) is 29.3. The topological polar surface area (TPSA) is 117 Å². The number of carbonyl (C=O) groups is 2. The summed E-state index contributed by atoms with van der Waals surface area (Å²) in [4.78, 5) is 30.9. The van der Waals surface area contributed by atoms with Crippen molar-refractivity contribution < 1.29 is 27.8 Å². The number of urea groups is 1. The molecule has 11 heteroatoms. The number of fused-ring (bicyclic) bond motifs is 1. The molecule has 5 rings (SSSR count). The number of piperidine rings is 1. The summed E-state index contributed by atoms with van der Waals surface area (Å²) in [6.45, 7) is 1.89. The molecule has 4 aromatic rings. The van der Waals surface area contributed by atoms with Crippen LogP contribution < -0.4 is 20.1 Å². The molecule has 0 saturated carbocycles. The number of nitriles is 1. The van der Waals surface area contributed by atoms with Gasteiger partial charge in [0.2, 0.25) is 5.91 Å². The molecule has 3 amide bonds. The Hall–Kier alpha value is -5.24. The van der Waals surface area contributed by atoms with Crippen molar-refractivity contribution in [1.29, 1.82) is 5.26 Å². The number of ether oxygens (including phenoxy) is 2. The Morgan fingerprint density at radius 2 is 1.74 bits per heavy atom. The molecule has 2 N–H and O–H groups in total. The summed E-state index contributed by atoms with van der Waals surface area (Å²) in [6.07, 6.45) is 5.68. The number of hydrogen-bond donors (Lipinski definition) is 2. The van der Waals surface area contributed by atoms with Crippen LogP contribution >= 0.6 is 0 Å². The van der Waals surface area contributed by atoms with Crippen LogP contribution in [0.5, 0.6) is 17.2 Å². The van der Waals surface area contributed by atoms with Crippen molar-refractivity contribution in [1.82, 2.24) is 9.88 Å². The molecule has 1 aliphatic rings. The maximum Gasteiger partial charge on any atom is 0.323 e. The summed E-state index contributed by atoms with van der Waals surface area (Å²) in [7, 11) is 0. The van der Waals surface area contributed by atoms with Crippen LogP contribution in [0.15, 0.2) is 66.9 Å². The highest BCUT2D eigenvalue weighted by molar-refractivity contribution is 5.99. The average molecular weight is 586 g/mol. The Balaban J connectivity index is 1.22. The molecule has 1 fully saturated rings. The average Bonchev–Trinajstić information content (AvgIpc) is 3.02. The van der Waals surface area contributed by atoms with Gasteiger partial charge >= 0.3 is 6.03 Å². The normalized spacial score (nSPS) is 12.8. The van der Waals surface area contributed by atoms with Crippen molar-refractivity contribution in [3.63, 3.8) is 0 Å². The minimum absolute atomic E-state index is 0.0854. The zero-order chi connectivity index (χ0) is 30.2. The molecule has 0 spiro atoms. The van der Waals surface area contributed by atoms with Crippen LogP contribution in [0.1, 0.15) is 37.7 Å². The number of anilines is 2. The molecular formula is C32H29F2N5O4. The number of benzene rings is 3. The summed E-state index contributed by atoms with van der Waals surface area (Å²) < 4.78 is 39.7. The van der Waals surface area contributed by atoms with Crippen LogP contribution in [-0.4, -0.2) is 41.5 Å². The predicted molar refractivity (Wildman–Crippen MR) is 157 cm³/mol. The molecule has 1 saturated heterocycles. The van der Waals surface area contributed by atoms with Crippen molar-refractivity contribution in [2.75, 3.05) is 30.3 Å². The number of pyridine rings is 1. The highest BCUT2D eigenvalue weighted by Gasteiger charge is 2.17. The monoisotopic (exact) mass is 585 g/mol. The summed E-state index contributed by atoms with van der Waals surface area (Å²) in [5.41, 5.74) is 1.03. The first-order valence-corrected chi connectivity index (χ1v) is 13.9. The van der Waals surface area contributed by atoms with E-state index < -0.39 is 17.7 Å². The van der Waals surface area contributed by atoms with E-state index in [2.05, 4.69) is 21.7 Å². The van der Waals surface area contributed by atoms with Crippen molar-refractivity contribution in [2.45, 2.75) is 32.1 Å². The molecule has 0 atom stereocenters. The van der Waals surface area contributed by atoms with Gasteiger partial charge in [-0.1, -0.05) is 0 Å². The number of carbonyl (C=O) groups excluding carboxylic acids is 2. The van der Waals surface area contributed by atoms with Crippen LogP contribution in [0.2, 0.25) is 0 Å². The number of aromatic nitrogens is 1. The van der Waals surface area contributed by atoms with Gasteiger partial charge < -0.3 is 25.0 Å². The molecule has 9 nitrogen and oxygen atoms in total. The van der Waals surface area contributed by atoms with Crippen molar-refractivity contribution >= 4 is 34.2 Å². The van der Waals surface area contributed by atoms with Crippen LogP contribution in [-0.2, 0) is 4.79 Å². The zero-order valence-electron chi connectivity index (χ0n) is 23.2. The van der Waals surface area contributed by atoms with E-state index in [1.807, 2.05) is 4.90 Å². The molecule has 0 bridgehead atoms. The van der Waals surface area contributed by atoms with Gasteiger partial charge in [0.1, 0.15) is 35.0 Å². The van der Waals surface area contributed by atoms with E-state index in [-0.39, 0.29) is 29.5 Å². The van der Waals surface area contributed by atoms with Gasteiger partial charge in [-0.05, 0) is 74.2 Å². The van der Waals surface area contributed by atoms with Gasteiger partial charge in [0.05, 0.1) is 23.4 Å². The van der Waals surface area contributed by atoms with E-state index in [9.17, 15) is 23.6 Å². The van der Waals surface area contributed by atoms with Gasteiger partial charge in [-0.15, -0.1) is 0 Å². The Morgan fingerprint density at radius 3 is 2.49 bits per heavy atom. The molecule has 0 aliphatic carbocycles. The highest BCUT2D eigenvalue weighted by Crippen LogP contribution is 2.34. The molecule has 220 valence electrons. The quantitative estimate of drug-likeness (QED) is 0.205.